The van der Waals surface area contributed by atoms with Crippen LogP contribution in [-0.2, 0) is 17.1 Å². The molecule has 5 heterocycles. The summed E-state index contributed by atoms with van der Waals surface area (Å²) in [6, 6.07) is 37.7. The minimum Gasteiger partial charge on any atom is -0.657 e. The van der Waals surface area contributed by atoms with E-state index in [4.69, 9.17) is 19.9 Å². The Kier molecular flexibility index (Phi) is 13.2. The molecular formula is C56H48MnN8O4+. The average molecular weight is 952 g/mol. The van der Waals surface area contributed by atoms with E-state index in [2.05, 4.69) is 0 Å². The van der Waals surface area contributed by atoms with Gasteiger partial charge >= 0.3 is 17.1 Å². The SMILES string of the molecule is CN(C)C(=O)c1ccc(-c2c3nc(c(-c4ccc(C(=O)N(C)C)cc4)c4ccc([n-]4)c(-c4ccc(C(=O)N(C)C)cc4)c4nc(c(-c5ccc(C(=O)N(C)C)cc5)c5ccc2[n-]5)C=C4)C=C3)cc1.[Mn+3]. The minimum absolute atomic E-state index is 0. The predicted molar refractivity (Wildman–Crippen MR) is 271 cm³/mol. The summed E-state index contributed by atoms with van der Waals surface area (Å²) in [5, 5.41) is 0. The summed E-state index contributed by atoms with van der Waals surface area (Å²) in [6.07, 6.45) is 7.86. The van der Waals surface area contributed by atoms with Gasteiger partial charge in [-0.2, -0.15) is 0 Å². The Morgan fingerprint density at radius 1 is 0.319 bits per heavy atom. The second kappa shape index (κ2) is 19.2. The summed E-state index contributed by atoms with van der Waals surface area (Å²) in [7, 11) is 13.8. The molecule has 4 aromatic carbocycles. The third-order valence-corrected chi connectivity index (χ3v) is 11.9. The van der Waals surface area contributed by atoms with Crippen molar-refractivity contribution in [2.75, 3.05) is 56.4 Å². The molecule has 0 saturated carbocycles. The van der Waals surface area contributed by atoms with E-state index in [9.17, 15) is 19.2 Å². The molecular weight excluding hydrogens is 904 g/mol. The average Bonchev–Trinajstić information content (AvgIpc) is 4.20. The minimum atomic E-state index is -0.114. The summed E-state index contributed by atoms with van der Waals surface area (Å²) in [6.45, 7) is 0. The Labute approximate surface area is 411 Å². The number of amides is 4. The fraction of sp³-hybridized carbons (Fsp3) is 0.143. The van der Waals surface area contributed by atoms with Gasteiger partial charge in [0, 0.05) is 78.6 Å². The quantitative estimate of drug-likeness (QED) is 0.138. The first-order valence-electron chi connectivity index (χ1n) is 22.0. The number of nitrogens with zero attached hydrogens (tertiary/aromatic N) is 8. The zero-order valence-corrected chi connectivity index (χ0v) is 40.6. The van der Waals surface area contributed by atoms with Gasteiger partial charge in [-0.1, -0.05) is 72.8 Å². The maximum absolute atomic E-state index is 13.0. The zero-order valence-electron chi connectivity index (χ0n) is 39.4. The van der Waals surface area contributed by atoms with Crippen LogP contribution in [0.3, 0.4) is 0 Å². The number of rotatable bonds is 8. The van der Waals surface area contributed by atoms with Gasteiger partial charge in [-0.3, -0.25) is 19.2 Å². The van der Waals surface area contributed by atoms with Crippen molar-refractivity contribution in [1.82, 2.24) is 39.5 Å². The van der Waals surface area contributed by atoms with Crippen molar-refractivity contribution in [3.63, 3.8) is 0 Å². The van der Waals surface area contributed by atoms with E-state index >= 15 is 0 Å². The molecule has 0 N–H and O–H groups in total. The second-order valence-electron chi connectivity index (χ2n) is 17.5. The summed E-state index contributed by atoms with van der Waals surface area (Å²) in [5.74, 6) is -0.455. The van der Waals surface area contributed by atoms with E-state index in [0.717, 1.165) is 44.5 Å². The van der Waals surface area contributed by atoms with E-state index in [1.54, 1.807) is 76.0 Å². The standard InChI is InChI=1S/C56H49N8O4.Mn/c1-61(2)53(65)37-17-9-33(10-18-37)49-41-25-27-43(57-41)50(34-11-19-38(20-12-34)54(66)62(3)4)45-29-31-47(59-45)52(36-15-23-40(24-16-36)56(68)64(7)8)48-32-30-46(60-48)51(44-28-26-42(49)58-44)35-13-21-39(22-14-35)55(67)63(5)6;/h9-32H,1-8H3,(H-,57,58,59,60,65,66,67,68);/q-1;+3/p-1. The van der Waals surface area contributed by atoms with Crippen molar-refractivity contribution in [2.24, 2.45) is 0 Å². The number of aromatic nitrogens is 4. The Hall–Kier alpha value is -8.12. The molecule has 8 bridgehead atoms. The van der Waals surface area contributed by atoms with Crippen molar-refractivity contribution < 1.29 is 36.2 Å². The van der Waals surface area contributed by atoms with Crippen LogP contribution in [0.5, 0.6) is 0 Å². The van der Waals surface area contributed by atoms with Gasteiger partial charge in [-0.15, -0.1) is 22.1 Å². The Bertz CT molecular complexity index is 2950. The fourth-order valence-electron chi connectivity index (χ4n) is 8.42. The van der Waals surface area contributed by atoms with Crippen molar-refractivity contribution >= 4 is 70.0 Å². The third kappa shape index (κ3) is 9.17. The molecule has 12 nitrogen and oxygen atoms in total. The topological polar surface area (TPSA) is 135 Å². The normalized spacial score (nSPS) is 11.5. The molecule has 9 rings (SSSR count). The van der Waals surface area contributed by atoms with Crippen LogP contribution >= 0.6 is 0 Å². The number of hydrogen-bond acceptors (Lipinski definition) is 6. The summed E-state index contributed by atoms with van der Waals surface area (Å²) < 4.78 is 0. The van der Waals surface area contributed by atoms with Gasteiger partial charge in [0.05, 0.1) is 22.8 Å². The van der Waals surface area contributed by atoms with E-state index in [1.807, 2.05) is 146 Å². The molecule has 2 aliphatic rings. The molecule has 0 fully saturated rings. The monoisotopic (exact) mass is 951 g/mol. The first-order valence-corrected chi connectivity index (χ1v) is 22.0. The molecule has 4 amide bonds. The maximum Gasteiger partial charge on any atom is 3.00 e. The van der Waals surface area contributed by atoms with Gasteiger partial charge in [0.2, 0.25) is 0 Å². The predicted octanol–water partition coefficient (Wildman–Crippen LogP) is 9.39. The molecule has 0 atom stereocenters. The smallest absolute Gasteiger partial charge is 0.657 e. The molecule has 13 heteroatoms. The van der Waals surface area contributed by atoms with Crippen LogP contribution < -0.4 is 9.97 Å². The number of hydrogen-bond donors (Lipinski definition) is 0. The van der Waals surface area contributed by atoms with Crippen LogP contribution in [0.15, 0.2) is 121 Å². The van der Waals surface area contributed by atoms with Gasteiger partial charge in [0.25, 0.3) is 23.6 Å². The molecule has 342 valence electrons. The molecule has 2 aliphatic heterocycles. The van der Waals surface area contributed by atoms with Crippen LogP contribution in [0, 0.1) is 0 Å². The number of carbonyl (C=O) groups excluding carboxylic acids is 4. The summed E-state index contributed by atoms with van der Waals surface area (Å²) in [5.41, 5.74) is 13.5. The van der Waals surface area contributed by atoms with E-state index in [0.29, 0.717) is 67.1 Å². The first kappa shape index (κ1) is 47.4. The number of fused-ring (bicyclic) bond motifs is 8. The molecule has 0 unspecified atom stereocenters. The van der Waals surface area contributed by atoms with Crippen molar-refractivity contribution in [2.45, 2.75) is 0 Å². The first-order chi connectivity index (χ1) is 32.7. The van der Waals surface area contributed by atoms with Crippen LogP contribution in [0.2, 0.25) is 0 Å². The molecule has 0 saturated heterocycles. The van der Waals surface area contributed by atoms with Crippen molar-refractivity contribution in [3.05, 3.63) is 166 Å². The number of benzene rings is 4. The molecule has 0 radical (unpaired) electrons. The van der Waals surface area contributed by atoms with Crippen LogP contribution in [0.1, 0.15) is 64.2 Å². The third-order valence-electron chi connectivity index (χ3n) is 11.9. The van der Waals surface area contributed by atoms with Gasteiger partial charge in [0.15, 0.2) is 0 Å². The van der Waals surface area contributed by atoms with Crippen molar-refractivity contribution in [3.8, 4) is 44.5 Å². The van der Waals surface area contributed by atoms with E-state index in [1.165, 1.54) is 0 Å². The van der Waals surface area contributed by atoms with Gasteiger partial charge < -0.3 is 29.6 Å². The van der Waals surface area contributed by atoms with Gasteiger partial charge in [0.1, 0.15) is 0 Å². The number of carbonyl (C=O) groups is 4. The van der Waals surface area contributed by atoms with Crippen LogP contribution in [-0.4, -0.2) is 110 Å². The van der Waals surface area contributed by atoms with E-state index in [-0.39, 0.29) is 40.7 Å². The van der Waals surface area contributed by atoms with E-state index < -0.39 is 0 Å². The van der Waals surface area contributed by atoms with Crippen LogP contribution in [0.4, 0.5) is 0 Å². The van der Waals surface area contributed by atoms with Crippen molar-refractivity contribution in [1.29, 1.82) is 0 Å². The molecule has 69 heavy (non-hydrogen) atoms. The molecule has 0 spiro atoms. The van der Waals surface area contributed by atoms with Crippen LogP contribution in [0.25, 0.3) is 90.9 Å². The zero-order chi connectivity index (χ0) is 48.0. The molecule has 0 aliphatic carbocycles. The second-order valence-corrected chi connectivity index (χ2v) is 17.5. The van der Waals surface area contributed by atoms with Gasteiger partial charge in [-0.05, 0) is 117 Å². The molecule has 3 aromatic heterocycles. The molecule has 7 aromatic rings. The van der Waals surface area contributed by atoms with Gasteiger partial charge in [-0.25, -0.2) is 9.97 Å². The Balaban J connectivity index is 0.00000642. The Morgan fingerprint density at radius 2 is 0.507 bits per heavy atom. The fourth-order valence-corrected chi connectivity index (χ4v) is 8.42. The maximum atomic E-state index is 13.0. The largest absolute Gasteiger partial charge is 3.00 e. The summed E-state index contributed by atoms with van der Waals surface area (Å²) in [4.78, 5) is 79.6. The summed E-state index contributed by atoms with van der Waals surface area (Å²) >= 11 is 0. The Morgan fingerprint density at radius 3 is 0.681 bits per heavy atom.